The fourth-order valence-corrected chi connectivity index (χ4v) is 2.17. The molecule has 1 fully saturated rings. The van der Waals surface area contributed by atoms with Crippen LogP contribution in [0.2, 0.25) is 0 Å². The van der Waals surface area contributed by atoms with Crippen molar-refractivity contribution in [2.45, 2.75) is 25.8 Å². The van der Waals surface area contributed by atoms with Crippen LogP contribution < -0.4 is 15.2 Å². The van der Waals surface area contributed by atoms with Crippen molar-refractivity contribution in [2.24, 2.45) is 0 Å². The van der Waals surface area contributed by atoms with Gasteiger partial charge in [-0.2, -0.15) is 0 Å². The molecule has 2 N–H and O–H groups in total. The lowest BCUT2D eigenvalue weighted by atomic mass is 10.1. The monoisotopic (exact) mass is 264 g/mol. The molecule has 0 saturated heterocycles. The lowest BCUT2D eigenvalue weighted by Gasteiger charge is -2.22. The molecule has 104 valence electrons. The number of rotatable bonds is 5. The number of hydrogen-bond donors (Lipinski definition) is 1. The maximum atomic E-state index is 12.5. The molecule has 2 rings (SSSR count). The molecule has 19 heavy (non-hydrogen) atoms. The smallest absolute Gasteiger partial charge is 0.256 e. The van der Waals surface area contributed by atoms with Gasteiger partial charge in [0.25, 0.3) is 5.91 Å². The summed E-state index contributed by atoms with van der Waals surface area (Å²) in [7, 11) is 3.08. The quantitative estimate of drug-likeness (QED) is 0.825. The molecular weight excluding hydrogens is 244 g/mol. The molecular formula is C14H20N2O3. The van der Waals surface area contributed by atoms with Gasteiger partial charge in [-0.05, 0) is 25.8 Å². The van der Waals surface area contributed by atoms with Crippen molar-refractivity contribution >= 4 is 11.6 Å². The Bertz CT molecular complexity index is 484. The van der Waals surface area contributed by atoms with Gasteiger partial charge in [0.2, 0.25) is 0 Å². The molecule has 1 aromatic rings. The normalized spacial score (nSPS) is 14.1. The minimum absolute atomic E-state index is 0.0558. The van der Waals surface area contributed by atoms with Crippen LogP contribution in [0.4, 0.5) is 5.69 Å². The zero-order valence-corrected chi connectivity index (χ0v) is 11.6. The minimum atomic E-state index is -0.0558. The van der Waals surface area contributed by atoms with Gasteiger partial charge < -0.3 is 20.1 Å². The van der Waals surface area contributed by atoms with Crippen LogP contribution in [0.3, 0.4) is 0 Å². The van der Waals surface area contributed by atoms with Gasteiger partial charge in [-0.1, -0.05) is 0 Å². The average Bonchev–Trinajstić information content (AvgIpc) is 3.24. The Kier molecular flexibility index (Phi) is 3.83. The van der Waals surface area contributed by atoms with Crippen LogP contribution >= 0.6 is 0 Å². The van der Waals surface area contributed by atoms with E-state index >= 15 is 0 Å². The fourth-order valence-electron chi connectivity index (χ4n) is 2.17. The Morgan fingerprint density at radius 3 is 2.53 bits per heavy atom. The summed E-state index contributed by atoms with van der Waals surface area (Å²) >= 11 is 0. The molecule has 0 heterocycles. The molecule has 0 unspecified atom stereocenters. The molecule has 1 aliphatic carbocycles. The van der Waals surface area contributed by atoms with Crippen LogP contribution in [-0.4, -0.2) is 37.6 Å². The van der Waals surface area contributed by atoms with E-state index in [2.05, 4.69) is 0 Å². The third-order valence-electron chi connectivity index (χ3n) is 3.39. The Hall–Kier alpha value is -1.91. The third-order valence-corrected chi connectivity index (χ3v) is 3.39. The number of carbonyl (C=O) groups excluding carboxylic acids is 1. The fraction of sp³-hybridized carbons (Fsp3) is 0.500. The molecule has 1 aliphatic rings. The van der Waals surface area contributed by atoms with Gasteiger partial charge in [-0.25, -0.2) is 0 Å². The van der Waals surface area contributed by atoms with E-state index in [1.807, 2.05) is 11.8 Å². The van der Waals surface area contributed by atoms with Crippen LogP contribution in [0, 0.1) is 0 Å². The van der Waals surface area contributed by atoms with E-state index in [1.54, 1.807) is 19.2 Å². The lowest BCUT2D eigenvalue weighted by Crippen LogP contribution is -2.33. The predicted molar refractivity (Wildman–Crippen MR) is 73.7 cm³/mol. The van der Waals surface area contributed by atoms with Crippen molar-refractivity contribution in [1.82, 2.24) is 4.90 Å². The van der Waals surface area contributed by atoms with Gasteiger partial charge in [0, 0.05) is 18.7 Å². The number of nitrogen functional groups attached to an aromatic ring is 1. The van der Waals surface area contributed by atoms with Gasteiger partial charge in [0.05, 0.1) is 25.5 Å². The van der Waals surface area contributed by atoms with Crippen LogP contribution in [0.5, 0.6) is 11.5 Å². The van der Waals surface area contributed by atoms with E-state index in [0.717, 1.165) is 12.8 Å². The Labute approximate surface area is 113 Å². The summed E-state index contributed by atoms with van der Waals surface area (Å²) in [6, 6.07) is 3.71. The number of carbonyl (C=O) groups is 1. The Morgan fingerprint density at radius 2 is 2.05 bits per heavy atom. The molecule has 5 heteroatoms. The number of ether oxygens (including phenoxy) is 2. The van der Waals surface area contributed by atoms with Crippen molar-refractivity contribution in [3.05, 3.63) is 17.7 Å². The van der Waals surface area contributed by atoms with Crippen LogP contribution in [0.1, 0.15) is 30.1 Å². The zero-order valence-electron chi connectivity index (χ0n) is 11.6. The summed E-state index contributed by atoms with van der Waals surface area (Å²) in [4.78, 5) is 14.4. The second kappa shape index (κ2) is 5.38. The van der Waals surface area contributed by atoms with Gasteiger partial charge in [0.15, 0.2) is 0 Å². The Morgan fingerprint density at radius 1 is 1.37 bits per heavy atom. The van der Waals surface area contributed by atoms with E-state index < -0.39 is 0 Å². The number of benzene rings is 1. The highest BCUT2D eigenvalue weighted by Crippen LogP contribution is 2.34. The number of nitrogens with two attached hydrogens (primary N) is 1. The number of amides is 1. The Balaban J connectivity index is 2.39. The highest BCUT2D eigenvalue weighted by Gasteiger charge is 2.33. The standard InChI is InChI=1S/C14H20N2O3/c1-4-16(9-5-6-9)14(17)11-7-10(18-2)8-12(19-3)13(11)15/h7-9H,4-6,15H2,1-3H3. The summed E-state index contributed by atoms with van der Waals surface area (Å²) in [5.74, 6) is 0.982. The first-order valence-corrected chi connectivity index (χ1v) is 6.44. The molecule has 1 amide bonds. The van der Waals surface area contributed by atoms with Crippen molar-refractivity contribution in [3.63, 3.8) is 0 Å². The van der Waals surface area contributed by atoms with Crippen molar-refractivity contribution in [2.75, 3.05) is 26.5 Å². The summed E-state index contributed by atoms with van der Waals surface area (Å²) in [5, 5.41) is 0. The first-order chi connectivity index (χ1) is 9.12. The molecule has 0 bridgehead atoms. The summed E-state index contributed by atoms with van der Waals surface area (Å²) in [6.07, 6.45) is 2.14. The van der Waals surface area contributed by atoms with Gasteiger partial charge in [-0.3, -0.25) is 4.79 Å². The van der Waals surface area contributed by atoms with E-state index in [1.165, 1.54) is 7.11 Å². The van der Waals surface area contributed by atoms with Gasteiger partial charge >= 0.3 is 0 Å². The van der Waals surface area contributed by atoms with Crippen molar-refractivity contribution in [1.29, 1.82) is 0 Å². The maximum Gasteiger partial charge on any atom is 0.256 e. The van der Waals surface area contributed by atoms with Crippen molar-refractivity contribution in [3.8, 4) is 11.5 Å². The topological polar surface area (TPSA) is 64.8 Å². The van der Waals surface area contributed by atoms with Crippen LogP contribution in [-0.2, 0) is 0 Å². The average molecular weight is 264 g/mol. The minimum Gasteiger partial charge on any atom is -0.497 e. The van der Waals surface area contributed by atoms with Gasteiger partial charge in [-0.15, -0.1) is 0 Å². The SMILES string of the molecule is CCN(C(=O)c1cc(OC)cc(OC)c1N)C1CC1. The van der Waals surface area contributed by atoms with Crippen LogP contribution in [0.25, 0.3) is 0 Å². The number of methoxy groups -OCH3 is 2. The van der Waals surface area contributed by atoms with Crippen LogP contribution in [0.15, 0.2) is 12.1 Å². The third kappa shape index (κ3) is 2.59. The predicted octanol–water partition coefficient (Wildman–Crippen LogP) is 1.91. The van der Waals surface area contributed by atoms with E-state index in [4.69, 9.17) is 15.2 Å². The summed E-state index contributed by atoms with van der Waals surface area (Å²) in [5.41, 5.74) is 6.82. The molecule has 1 saturated carbocycles. The van der Waals surface area contributed by atoms with E-state index in [-0.39, 0.29) is 5.91 Å². The molecule has 1 aromatic carbocycles. The van der Waals surface area contributed by atoms with E-state index in [9.17, 15) is 4.79 Å². The summed E-state index contributed by atoms with van der Waals surface area (Å²) < 4.78 is 10.4. The number of anilines is 1. The molecule has 0 atom stereocenters. The number of hydrogen-bond acceptors (Lipinski definition) is 4. The molecule has 5 nitrogen and oxygen atoms in total. The second-order valence-electron chi connectivity index (χ2n) is 4.61. The molecule has 0 aromatic heterocycles. The number of nitrogens with zero attached hydrogens (tertiary/aromatic N) is 1. The second-order valence-corrected chi connectivity index (χ2v) is 4.61. The lowest BCUT2D eigenvalue weighted by molar-refractivity contribution is 0.0753. The molecule has 0 aliphatic heterocycles. The highest BCUT2D eigenvalue weighted by molar-refractivity contribution is 6.01. The maximum absolute atomic E-state index is 12.5. The zero-order chi connectivity index (χ0) is 14.0. The molecule has 0 spiro atoms. The first kappa shape index (κ1) is 13.5. The highest BCUT2D eigenvalue weighted by atomic mass is 16.5. The van der Waals surface area contributed by atoms with Gasteiger partial charge in [0.1, 0.15) is 11.5 Å². The van der Waals surface area contributed by atoms with E-state index in [0.29, 0.717) is 35.3 Å². The largest absolute Gasteiger partial charge is 0.497 e. The molecule has 0 radical (unpaired) electrons. The first-order valence-electron chi connectivity index (χ1n) is 6.44. The van der Waals surface area contributed by atoms with Crippen molar-refractivity contribution < 1.29 is 14.3 Å². The summed E-state index contributed by atoms with van der Waals surface area (Å²) in [6.45, 7) is 2.66.